The topological polar surface area (TPSA) is 125 Å². The molecule has 0 aromatic carbocycles. The number of nitrogens with two attached hydrogens (primary N) is 1. The van der Waals surface area contributed by atoms with E-state index in [4.69, 9.17) is 9.88 Å². The number of fused-ring (bicyclic) bond motifs is 1. The lowest BCUT2D eigenvalue weighted by Crippen LogP contribution is -2.09. The monoisotopic (exact) mass is 354 g/mol. The van der Waals surface area contributed by atoms with Gasteiger partial charge in [0.15, 0.2) is 5.65 Å². The molecule has 0 fully saturated rings. The third-order valence-electron chi connectivity index (χ3n) is 3.10. The number of anilines is 1. The summed E-state index contributed by atoms with van der Waals surface area (Å²) in [5, 5.41) is 13.1. The lowest BCUT2D eigenvalue weighted by atomic mass is 10.4. The van der Waals surface area contributed by atoms with Crippen molar-refractivity contribution in [2.24, 2.45) is 12.2 Å². The van der Waals surface area contributed by atoms with Crippen LogP contribution in [-0.2, 0) is 23.6 Å². The first-order chi connectivity index (χ1) is 10.9. The summed E-state index contributed by atoms with van der Waals surface area (Å²) in [6.45, 7) is 0.393. The minimum atomic E-state index is -3.68. The number of rotatable bonds is 5. The predicted octanol–water partition coefficient (Wildman–Crippen LogP) is 0.693. The van der Waals surface area contributed by atoms with Crippen LogP contribution in [0.25, 0.3) is 11.0 Å². The van der Waals surface area contributed by atoms with Crippen LogP contribution in [0.4, 0.5) is 5.82 Å². The predicted molar refractivity (Wildman–Crippen MR) is 85.9 cm³/mol. The number of nitrogens with zero attached hydrogens (tertiary/aromatic N) is 4. The summed E-state index contributed by atoms with van der Waals surface area (Å²) in [5.74, 6) is 0.561. The zero-order valence-corrected chi connectivity index (χ0v) is 14.0. The maximum absolute atomic E-state index is 11.3. The Morgan fingerprint density at radius 2 is 2.17 bits per heavy atom. The van der Waals surface area contributed by atoms with Crippen molar-refractivity contribution in [3.8, 4) is 6.01 Å². The summed E-state index contributed by atoms with van der Waals surface area (Å²) in [7, 11) is -0.416. The second kappa shape index (κ2) is 5.76. The molecule has 0 aliphatic rings. The van der Waals surface area contributed by atoms with Crippen molar-refractivity contribution in [3.63, 3.8) is 0 Å². The molecule has 0 amide bonds. The minimum Gasteiger partial charge on any atom is -0.467 e. The summed E-state index contributed by atoms with van der Waals surface area (Å²) in [6, 6.07) is 3.41. The number of methoxy groups -OCH3 is 1. The molecular formula is C12H14N6O3S2. The van der Waals surface area contributed by atoms with Crippen LogP contribution in [0.1, 0.15) is 4.88 Å². The average molecular weight is 354 g/mol. The van der Waals surface area contributed by atoms with Gasteiger partial charge >= 0.3 is 6.01 Å². The summed E-state index contributed by atoms with van der Waals surface area (Å²) in [6.07, 6.45) is 1.65. The van der Waals surface area contributed by atoms with Crippen molar-refractivity contribution >= 4 is 38.2 Å². The Bertz CT molecular complexity index is 962. The molecule has 3 N–H and O–H groups in total. The number of primary sulfonamides is 1. The Labute approximate surface area is 136 Å². The summed E-state index contributed by atoms with van der Waals surface area (Å²) < 4.78 is 29.4. The van der Waals surface area contributed by atoms with E-state index in [1.165, 1.54) is 13.2 Å². The fourth-order valence-electron chi connectivity index (χ4n) is 2.01. The van der Waals surface area contributed by atoms with Crippen LogP contribution in [0.5, 0.6) is 6.01 Å². The van der Waals surface area contributed by atoms with Crippen LogP contribution < -0.4 is 15.2 Å². The fourth-order valence-corrected chi connectivity index (χ4v) is 3.72. The van der Waals surface area contributed by atoms with E-state index in [1.54, 1.807) is 24.0 Å². The van der Waals surface area contributed by atoms with Crippen molar-refractivity contribution in [3.05, 3.63) is 23.2 Å². The molecular weight excluding hydrogens is 340 g/mol. The van der Waals surface area contributed by atoms with Gasteiger partial charge in [-0.3, -0.25) is 4.68 Å². The largest absolute Gasteiger partial charge is 0.467 e. The van der Waals surface area contributed by atoms with Gasteiger partial charge in [-0.15, -0.1) is 11.3 Å². The van der Waals surface area contributed by atoms with Gasteiger partial charge in [-0.25, -0.2) is 13.6 Å². The van der Waals surface area contributed by atoms with E-state index >= 15 is 0 Å². The highest BCUT2D eigenvalue weighted by atomic mass is 32.2. The Morgan fingerprint density at radius 3 is 2.83 bits per heavy atom. The van der Waals surface area contributed by atoms with Crippen molar-refractivity contribution in [2.45, 2.75) is 10.8 Å². The number of thiophene rings is 1. The lowest BCUT2D eigenvalue weighted by molar-refractivity contribution is 0.381. The van der Waals surface area contributed by atoms with Gasteiger partial charge in [-0.05, 0) is 12.1 Å². The molecule has 3 rings (SSSR count). The van der Waals surface area contributed by atoms with Gasteiger partial charge in [0, 0.05) is 11.9 Å². The zero-order valence-electron chi connectivity index (χ0n) is 12.3. The van der Waals surface area contributed by atoms with E-state index < -0.39 is 10.0 Å². The van der Waals surface area contributed by atoms with E-state index in [9.17, 15) is 8.42 Å². The fraction of sp³-hybridized carbons (Fsp3) is 0.250. The third kappa shape index (κ3) is 3.11. The molecule has 0 saturated carbocycles. The molecule has 0 unspecified atom stereocenters. The van der Waals surface area contributed by atoms with Gasteiger partial charge in [0.1, 0.15) is 10.0 Å². The first kappa shape index (κ1) is 15.6. The maximum Gasteiger partial charge on any atom is 0.320 e. The molecule has 0 bridgehead atoms. The molecule has 0 aliphatic heterocycles. The molecule has 11 heteroatoms. The van der Waals surface area contributed by atoms with Crippen LogP contribution in [0.3, 0.4) is 0 Å². The highest BCUT2D eigenvalue weighted by Gasteiger charge is 2.14. The van der Waals surface area contributed by atoms with Gasteiger partial charge in [0.25, 0.3) is 0 Å². The van der Waals surface area contributed by atoms with Crippen LogP contribution in [0.15, 0.2) is 22.5 Å². The molecule has 0 spiro atoms. The number of sulfonamides is 1. The molecule has 0 radical (unpaired) electrons. The molecule has 0 aliphatic carbocycles. The average Bonchev–Trinajstić information content (AvgIpc) is 3.12. The van der Waals surface area contributed by atoms with Crippen molar-refractivity contribution in [2.75, 3.05) is 12.4 Å². The molecule has 23 heavy (non-hydrogen) atoms. The number of hydrogen-bond donors (Lipinski definition) is 2. The number of nitrogens with one attached hydrogen (secondary N) is 1. The smallest absolute Gasteiger partial charge is 0.320 e. The molecule has 9 nitrogen and oxygen atoms in total. The molecule has 3 aromatic rings. The number of aryl methyl sites for hydroxylation is 1. The van der Waals surface area contributed by atoms with E-state index in [2.05, 4.69) is 20.4 Å². The SMILES string of the molecule is COc1nc(NCc2ccc(S(N)(=O)=O)s2)c2cnn(C)c2n1. The number of hydrogen-bond acceptors (Lipinski definition) is 8. The van der Waals surface area contributed by atoms with Crippen molar-refractivity contribution in [1.82, 2.24) is 19.7 Å². The third-order valence-corrected chi connectivity index (χ3v) is 5.63. The van der Waals surface area contributed by atoms with Gasteiger partial charge in [-0.1, -0.05) is 0 Å². The van der Waals surface area contributed by atoms with Crippen LogP contribution >= 0.6 is 11.3 Å². The van der Waals surface area contributed by atoms with Gasteiger partial charge in [0.2, 0.25) is 10.0 Å². The van der Waals surface area contributed by atoms with Crippen LogP contribution in [0.2, 0.25) is 0 Å². The minimum absolute atomic E-state index is 0.126. The maximum atomic E-state index is 11.3. The van der Waals surface area contributed by atoms with Crippen molar-refractivity contribution < 1.29 is 13.2 Å². The second-order valence-corrected chi connectivity index (χ2v) is 7.64. The first-order valence-electron chi connectivity index (χ1n) is 6.47. The second-order valence-electron chi connectivity index (χ2n) is 4.68. The molecule has 122 valence electrons. The standard InChI is InChI=1S/C12H14N6O3S2/c1-18-11-8(6-15-18)10(16-12(17-11)21-2)14-5-7-3-4-9(22-7)23(13,19)20/h3-4,6H,5H2,1-2H3,(H2,13,19,20)(H,14,16,17). The van der Waals surface area contributed by atoms with E-state index in [1.807, 2.05) is 0 Å². The molecule has 3 heterocycles. The molecule has 0 saturated heterocycles. The van der Waals surface area contributed by atoms with E-state index in [-0.39, 0.29) is 10.2 Å². The highest BCUT2D eigenvalue weighted by molar-refractivity contribution is 7.91. The highest BCUT2D eigenvalue weighted by Crippen LogP contribution is 2.25. The summed E-state index contributed by atoms with van der Waals surface area (Å²) >= 11 is 1.11. The summed E-state index contributed by atoms with van der Waals surface area (Å²) in [5.41, 5.74) is 0.635. The van der Waals surface area contributed by atoms with E-state index in [0.29, 0.717) is 18.0 Å². The Hall–Kier alpha value is -2.24. The van der Waals surface area contributed by atoms with Gasteiger partial charge < -0.3 is 10.1 Å². The quantitative estimate of drug-likeness (QED) is 0.690. The summed E-state index contributed by atoms with van der Waals surface area (Å²) in [4.78, 5) is 9.32. The van der Waals surface area contributed by atoms with E-state index in [0.717, 1.165) is 21.6 Å². The Balaban J connectivity index is 1.88. The van der Waals surface area contributed by atoms with Gasteiger partial charge in [-0.2, -0.15) is 15.1 Å². The lowest BCUT2D eigenvalue weighted by Gasteiger charge is -2.07. The number of ether oxygens (including phenoxy) is 1. The van der Waals surface area contributed by atoms with Crippen LogP contribution in [-0.4, -0.2) is 35.3 Å². The molecule has 0 atom stereocenters. The Morgan fingerprint density at radius 1 is 1.39 bits per heavy atom. The first-order valence-corrected chi connectivity index (χ1v) is 8.84. The Kier molecular flexibility index (Phi) is 3.92. The van der Waals surface area contributed by atoms with Crippen molar-refractivity contribution in [1.29, 1.82) is 0 Å². The number of aromatic nitrogens is 4. The normalized spacial score (nSPS) is 11.8. The van der Waals surface area contributed by atoms with Crippen LogP contribution in [0, 0.1) is 0 Å². The van der Waals surface area contributed by atoms with Gasteiger partial charge in [0.05, 0.1) is 25.2 Å². The zero-order chi connectivity index (χ0) is 16.6. The molecule has 3 aromatic heterocycles.